The van der Waals surface area contributed by atoms with Gasteiger partial charge in [0.1, 0.15) is 0 Å². The van der Waals surface area contributed by atoms with Crippen molar-refractivity contribution < 1.29 is 0 Å². The molecule has 0 atom stereocenters. The Morgan fingerprint density at radius 3 is 0.630 bits per heavy atom. The van der Waals surface area contributed by atoms with Crippen molar-refractivity contribution in [3.05, 3.63) is 0 Å². The summed E-state index contributed by atoms with van der Waals surface area (Å²) >= 11 is 16.7. The van der Waals surface area contributed by atoms with Crippen molar-refractivity contribution >= 4 is 84.8 Å². The van der Waals surface area contributed by atoms with Crippen LogP contribution in [-0.4, -0.2) is 62.6 Å². The molecular formula is C16H48Cl2Si9. The van der Waals surface area contributed by atoms with Gasteiger partial charge in [0.2, 0.25) is 5.73 Å². The van der Waals surface area contributed by atoms with Gasteiger partial charge in [-0.3, -0.25) is 0 Å². The van der Waals surface area contributed by atoms with Gasteiger partial charge < -0.3 is 0 Å². The smallest absolute Gasteiger partial charge is 0.155 e. The fourth-order valence-electron chi connectivity index (χ4n) is 9.89. The summed E-state index contributed by atoms with van der Waals surface area (Å²) in [5, 5.41) is 0. The van der Waals surface area contributed by atoms with E-state index in [0.717, 1.165) is 0 Å². The van der Waals surface area contributed by atoms with Crippen molar-refractivity contribution in [1.82, 2.24) is 0 Å². The number of hydrogen-bond acceptors (Lipinski definition) is 0. The molecule has 0 aliphatic carbocycles. The summed E-state index contributed by atoms with van der Waals surface area (Å²) in [6, 6.07) is 0. The lowest BCUT2D eigenvalue weighted by atomic mass is 11.8. The molecule has 27 heavy (non-hydrogen) atoms. The molecule has 1 saturated heterocycles. The molecule has 0 aromatic heterocycles. The third-order valence-electron chi connectivity index (χ3n) is 8.88. The monoisotopic (exact) mass is 562 g/mol. The molecule has 1 rings (SSSR count). The molecule has 1 heterocycles. The Labute approximate surface area is 188 Å². The second kappa shape index (κ2) is 6.77. The van der Waals surface area contributed by atoms with E-state index in [1.54, 1.807) is 0 Å². The second-order valence-electron chi connectivity index (χ2n) is 14.3. The Morgan fingerprint density at radius 2 is 0.556 bits per heavy atom. The molecule has 0 spiro atoms. The van der Waals surface area contributed by atoms with Crippen LogP contribution in [0.3, 0.4) is 0 Å². The van der Waals surface area contributed by atoms with E-state index in [1.807, 2.05) is 0 Å². The summed E-state index contributed by atoms with van der Waals surface area (Å²) in [4.78, 5) is 0. The number of rotatable bonds is 4. The first-order chi connectivity index (χ1) is 11.2. The molecule has 162 valence electrons. The van der Waals surface area contributed by atoms with E-state index in [-0.39, 0.29) is 0 Å². The number of hydrogen-bond donors (Lipinski definition) is 0. The van der Waals surface area contributed by atoms with Gasteiger partial charge in [-0.25, -0.2) is 0 Å². The largest absolute Gasteiger partial charge is 0.213 e. The van der Waals surface area contributed by atoms with E-state index >= 15 is 0 Å². The molecule has 0 aromatic rings. The molecule has 11 heteroatoms. The molecule has 0 aromatic carbocycles. The maximum absolute atomic E-state index is 8.36. The second-order valence-corrected chi connectivity index (χ2v) is 129. The van der Waals surface area contributed by atoms with Crippen LogP contribution in [0.1, 0.15) is 0 Å². The SMILES string of the molecule is C[Si](C)(C)[Si]1([Si](C)(C)C)[Si](C)(C)[Si](C)(C)[Si]([Si](C)(C)C)([Si](C)(C)C)[Si]1(Cl)Cl. The summed E-state index contributed by atoms with van der Waals surface area (Å²) in [7, 11) is -8.72. The first-order valence-corrected chi connectivity index (χ1v) is 47.7. The Kier molecular flexibility index (Phi) is 6.91. The maximum Gasteiger partial charge on any atom is 0.213 e. The molecule has 1 fully saturated rings. The first-order valence-electron chi connectivity index (χ1n) is 10.6. The van der Waals surface area contributed by atoms with Crippen LogP contribution in [0.2, 0.25) is 105 Å². The van der Waals surface area contributed by atoms with Crippen molar-refractivity contribution in [2.24, 2.45) is 0 Å². The van der Waals surface area contributed by atoms with Crippen molar-refractivity contribution in [3.63, 3.8) is 0 Å². The predicted molar refractivity (Wildman–Crippen MR) is 157 cm³/mol. The van der Waals surface area contributed by atoms with Crippen LogP contribution < -0.4 is 0 Å². The average molecular weight is 564 g/mol. The third kappa shape index (κ3) is 2.88. The van der Waals surface area contributed by atoms with Gasteiger partial charge in [0, 0.05) is 44.6 Å². The Morgan fingerprint density at radius 1 is 0.407 bits per heavy atom. The van der Waals surface area contributed by atoms with Crippen LogP contribution in [0.25, 0.3) is 0 Å². The molecule has 0 nitrogen and oxygen atoms in total. The van der Waals surface area contributed by atoms with Crippen LogP contribution in [-0.2, 0) is 0 Å². The van der Waals surface area contributed by atoms with Gasteiger partial charge >= 0.3 is 0 Å². The molecule has 0 N–H and O–H groups in total. The highest BCUT2D eigenvalue weighted by atomic mass is 35.7. The van der Waals surface area contributed by atoms with E-state index in [1.165, 1.54) is 0 Å². The Balaban J connectivity index is 4.49. The molecule has 1 aliphatic heterocycles. The topological polar surface area (TPSA) is 0 Å². The predicted octanol–water partition coefficient (Wildman–Crippen LogP) is 7.29. The molecule has 0 amide bonds. The van der Waals surface area contributed by atoms with E-state index in [0.29, 0.717) is 0 Å². The summed E-state index contributed by atoms with van der Waals surface area (Å²) < 4.78 is 0. The van der Waals surface area contributed by atoms with Gasteiger partial charge in [-0.15, -0.1) is 0 Å². The van der Waals surface area contributed by atoms with E-state index in [4.69, 9.17) is 22.2 Å². The van der Waals surface area contributed by atoms with Crippen LogP contribution >= 0.6 is 22.2 Å². The summed E-state index contributed by atoms with van der Waals surface area (Å²) in [5.74, 6) is 0. The summed E-state index contributed by atoms with van der Waals surface area (Å²) in [5.41, 5.74) is -2.32. The molecule has 0 unspecified atom stereocenters. The molecule has 0 bridgehead atoms. The molecule has 0 radical (unpaired) electrons. The van der Waals surface area contributed by atoms with Crippen LogP contribution in [0.4, 0.5) is 0 Å². The normalized spacial score (nSPS) is 26.9. The minimum Gasteiger partial charge on any atom is -0.155 e. The van der Waals surface area contributed by atoms with E-state index < -0.39 is 62.6 Å². The highest BCUT2D eigenvalue weighted by molar-refractivity contribution is 8.46. The standard InChI is InChI=1S/C16H48Cl2Si9/c1-19(2,3)26(20(4,5)6)23(13,14)24(15,16)27(21(7,8)9,22(10,11)12)25(26,17)18/h1-16H3. The molecule has 0 saturated carbocycles. The lowest BCUT2D eigenvalue weighted by Crippen LogP contribution is -2.95. The maximum atomic E-state index is 8.36. The van der Waals surface area contributed by atoms with Crippen LogP contribution in [0, 0.1) is 0 Å². The van der Waals surface area contributed by atoms with Gasteiger partial charge in [-0.05, 0) is 0 Å². The van der Waals surface area contributed by atoms with Gasteiger partial charge in [-0.2, -0.15) is 22.2 Å². The van der Waals surface area contributed by atoms with Crippen LogP contribution in [0.5, 0.6) is 0 Å². The van der Waals surface area contributed by atoms with E-state index in [9.17, 15) is 0 Å². The van der Waals surface area contributed by atoms with Gasteiger partial charge in [0.05, 0.1) is 12.3 Å². The average Bonchev–Trinajstić information content (AvgIpc) is 2.26. The lowest BCUT2D eigenvalue weighted by molar-refractivity contribution is 1.77. The van der Waals surface area contributed by atoms with Crippen molar-refractivity contribution in [2.75, 3.05) is 0 Å². The van der Waals surface area contributed by atoms with Gasteiger partial charge in [0.25, 0.3) is 0 Å². The van der Waals surface area contributed by atoms with Crippen molar-refractivity contribution in [2.45, 2.75) is 105 Å². The zero-order valence-corrected chi connectivity index (χ0v) is 31.8. The van der Waals surface area contributed by atoms with E-state index in [2.05, 4.69) is 105 Å². The highest BCUT2D eigenvalue weighted by Gasteiger charge is 2.93. The minimum absolute atomic E-state index is 1.44. The Hall–Kier alpha value is 2.53. The van der Waals surface area contributed by atoms with Gasteiger partial charge in [-0.1, -0.05) is 105 Å². The third-order valence-corrected chi connectivity index (χ3v) is 296. The highest BCUT2D eigenvalue weighted by Crippen LogP contribution is 2.64. The van der Waals surface area contributed by atoms with Crippen LogP contribution in [0.15, 0.2) is 0 Å². The van der Waals surface area contributed by atoms with Crippen molar-refractivity contribution in [1.29, 1.82) is 0 Å². The fourth-order valence-corrected chi connectivity index (χ4v) is 619. The quantitative estimate of drug-likeness (QED) is 0.249. The molecule has 1 aliphatic rings. The zero-order chi connectivity index (χ0) is 22.5. The molecular weight excluding hydrogens is 516 g/mol. The summed E-state index contributed by atoms with van der Waals surface area (Å²) in [6.07, 6.45) is -3.40. The van der Waals surface area contributed by atoms with Gasteiger partial charge in [0.15, 0.2) is 0 Å². The minimum atomic E-state index is -2.32. The number of halogens is 2. The zero-order valence-electron chi connectivity index (χ0n) is 21.3. The Bertz CT molecular complexity index is 521. The first kappa shape index (κ1) is 27.6. The lowest BCUT2D eigenvalue weighted by Gasteiger charge is -2.62. The van der Waals surface area contributed by atoms with Crippen molar-refractivity contribution in [3.8, 4) is 0 Å². The summed E-state index contributed by atoms with van der Waals surface area (Å²) in [6.45, 7) is 44.2. The fraction of sp³-hybridized carbons (Fsp3) is 1.00.